The van der Waals surface area contributed by atoms with Gasteiger partial charge in [-0.25, -0.2) is 0 Å². The number of ether oxygens (including phenoxy) is 1. The first-order valence-electron chi connectivity index (χ1n) is 10.5. The molecule has 152 valence electrons. The van der Waals surface area contributed by atoms with Gasteiger partial charge < -0.3 is 19.9 Å². The van der Waals surface area contributed by atoms with Gasteiger partial charge in [0.05, 0.1) is 19.3 Å². The number of guanidine groups is 1. The highest BCUT2D eigenvalue weighted by Crippen LogP contribution is 2.22. The number of likely N-dealkylation sites (tertiary alicyclic amines) is 1. The minimum absolute atomic E-state index is 0.0635. The van der Waals surface area contributed by atoms with Crippen LogP contribution in [0.5, 0.6) is 0 Å². The van der Waals surface area contributed by atoms with Crippen molar-refractivity contribution in [1.82, 2.24) is 24.9 Å². The van der Waals surface area contributed by atoms with Gasteiger partial charge in [0.2, 0.25) is 0 Å². The number of hydrogen-bond acceptors (Lipinski definition) is 4. The van der Waals surface area contributed by atoms with Crippen molar-refractivity contribution in [2.24, 2.45) is 18.0 Å². The summed E-state index contributed by atoms with van der Waals surface area (Å²) in [7, 11) is 1.95. The van der Waals surface area contributed by atoms with E-state index in [0.29, 0.717) is 5.92 Å². The maximum absolute atomic E-state index is 5.98. The summed E-state index contributed by atoms with van der Waals surface area (Å²) in [5.74, 6) is 1.74. The topological polar surface area (TPSA) is 57.9 Å². The van der Waals surface area contributed by atoms with E-state index in [1.54, 1.807) is 0 Å². The third-order valence-electron chi connectivity index (χ3n) is 5.54. The molecule has 1 atom stereocenters. The van der Waals surface area contributed by atoms with Crippen LogP contribution in [0.4, 0.5) is 0 Å². The Balaban J connectivity index is 1.56. The van der Waals surface area contributed by atoms with E-state index in [9.17, 15) is 0 Å². The number of nitrogens with one attached hydrogen (secondary N) is 1. The summed E-state index contributed by atoms with van der Waals surface area (Å²) in [5.41, 5.74) is 1.14. The van der Waals surface area contributed by atoms with Crippen LogP contribution in [-0.2, 0) is 11.8 Å². The standard InChI is InChI=1S/C20H36N6O/c1-4-8-25-9-6-17(7-10-25)13-22-20(21-5-2)26-11-12-27-19(16-26)18-14-23-24(3)15-18/h14-15,17,19H,4-13,16H2,1-3H3,(H,21,22). The lowest BCUT2D eigenvalue weighted by Gasteiger charge is -2.35. The molecule has 0 amide bonds. The zero-order chi connectivity index (χ0) is 19.1. The second-order valence-electron chi connectivity index (χ2n) is 7.73. The molecule has 2 fully saturated rings. The fourth-order valence-corrected chi connectivity index (χ4v) is 4.00. The molecule has 3 rings (SSSR count). The predicted octanol–water partition coefficient (Wildman–Crippen LogP) is 1.88. The zero-order valence-electron chi connectivity index (χ0n) is 17.2. The summed E-state index contributed by atoms with van der Waals surface area (Å²) >= 11 is 0. The van der Waals surface area contributed by atoms with Crippen molar-refractivity contribution in [1.29, 1.82) is 0 Å². The van der Waals surface area contributed by atoms with Crippen molar-refractivity contribution in [3.8, 4) is 0 Å². The van der Waals surface area contributed by atoms with Crippen LogP contribution in [0.3, 0.4) is 0 Å². The molecule has 0 radical (unpaired) electrons. The summed E-state index contributed by atoms with van der Waals surface area (Å²) in [4.78, 5) is 9.94. The third-order valence-corrected chi connectivity index (χ3v) is 5.54. The largest absolute Gasteiger partial charge is 0.370 e. The normalized spacial score (nSPS) is 23.0. The van der Waals surface area contributed by atoms with Crippen molar-refractivity contribution >= 4 is 5.96 Å². The molecule has 27 heavy (non-hydrogen) atoms. The van der Waals surface area contributed by atoms with E-state index in [1.165, 1.54) is 38.9 Å². The molecule has 1 aromatic heterocycles. The van der Waals surface area contributed by atoms with Crippen LogP contribution in [0.1, 0.15) is 44.8 Å². The molecule has 7 nitrogen and oxygen atoms in total. The minimum atomic E-state index is 0.0635. The van der Waals surface area contributed by atoms with Crippen LogP contribution in [-0.4, -0.2) is 78.0 Å². The highest BCUT2D eigenvalue weighted by molar-refractivity contribution is 5.80. The van der Waals surface area contributed by atoms with Gasteiger partial charge in [-0.2, -0.15) is 5.10 Å². The van der Waals surface area contributed by atoms with E-state index in [1.807, 2.05) is 24.1 Å². The molecule has 1 aromatic rings. The number of rotatable bonds is 6. The van der Waals surface area contributed by atoms with Crippen molar-refractivity contribution in [3.05, 3.63) is 18.0 Å². The Morgan fingerprint density at radius 1 is 1.30 bits per heavy atom. The molecule has 2 aliphatic heterocycles. The van der Waals surface area contributed by atoms with E-state index in [0.717, 1.165) is 44.3 Å². The predicted molar refractivity (Wildman–Crippen MR) is 109 cm³/mol. The highest BCUT2D eigenvalue weighted by atomic mass is 16.5. The highest BCUT2D eigenvalue weighted by Gasteiger charge is 2.25. The number of aryl methyl sites for hydroxylation is 1. The Morgan fingerprint density at radius 2 is 2.11 bits per heavy atom. The maximum atomic E-state index is 5.98. The molecular formula is C20H36N6O. The molecule has 2 aliphatic rings. The molecule has 2 saturated heterocycles. The third kappa shape index (κ3) is 5.69. The van der Waals surface area contributed by atoms with Crippen molar-refractivity contribution in [2.75, 3.05) is 52.4 Å². The fraction of sp³-hybridized carbons (Fsp3) is 0.800. The molecule has 1 N–H and O–H groups in total. The lowest BCUT2D eigenvalue weighted by Crippen LogP contribution is -2.48. The lowest BCUT2D eigenvalue weighted by atomic mass is 9.97. The Kier molecular flexibility index (Phi) is 7.52. The van der Waals surface area contributed by atoms with E-state index in [2.05, 4.69) is 34.1 Å². The maximum Gasteiger partial charge on any atom is 0.194 e. The van der Waals surface area contributed by atoms with E-state index >= 15 is 0 Å². The van der Waals surface area contributed by atoms with Crippen LogP contribution >= 0.6 is 0 Å². The van der Waals surface area contributed by atoms with Crippen LogP contribution in [0.2, 0.25) is 0 Å². The quantitative estimate of drug-likeness (QED) is 0.607. The molecule has 0 bridgehead atoms. The van der Waals surface area contributed by atoms with Crippen LogP contribution in [0.25, 0.3) is 0 Å². The van der Waals surface area contributed by atoms with Gasteiger partial charge in [0, 0.05) is 38.4 Å². The molecular weight excluding hydrogens is 340 g/mol. The average molecular weight is 377 g/mol. The molecule has 0 aliphatic carbocycles. The average Bonchev–Trinajstić information content (AvgIpc) is 3.13. The lowest BCUT2D eigenvalue weighted by molar-refractivity contribution is -0.00808. The summed E-state index contributed by atoms with van der Waals surface area (Å²) in [5, 5.41) is 7.77. The number of aromatic nitrogens is 2. The first kappa shape index (κ1) is 20.1. The van der Waals surface area contributed by atoms with E-state index < -0.39 is 0 Å². The molecule has 0 saturated carbocycles. The van der Waals surface area contributed by atoms with E-state index in [4.69, 9.17) is 9.73 Å². The fourth-order valence-electron chi connectivity index (χ4n) is 4.00. The second-order valence-corrected chi connectivity index (χ2v) is 7.73. The first-order valence-corrected chi connectivity index (χ1v) is 10.5. The number of nitrogens with zero attached hydrogens (tertiary/aromatic N) is 5. The van der Waals surface area contributed by atoms with E-state index in [-0.39, 0.29) is 6.10 Å². The van der Waals surface area contributed by atoms with Gasteiger partial charge >= 0.3 is 0 Å². The Morgan fingerprint density at radius 3 is 2.78 bits per heavy atom. The molecule has 1 unspecified atom stereocenters. The van der Waals surface area contributed by atoms with Crippen LogP contribution < -0.4 is 5.32 Å². The van der Waals surface area contributed by atoms with Gasteiger partial charge in [-0.05, 0) is 51.7 Å². The van der Waals surface area contributed by atoms with Crippen molar-refractivity contribution in [3.63, 3.8) is 0 Å². The number of piperidine rings is 1. The number of hydrogen-bond donors (Lipinski definition) is 1. The molecule has 0 spiro atoms. The monoisotopic (exact) mass is 376 g/mol. The summed E-state index contributed by atoms with van der Waals surface area (Å²) in [6.07, 6.45) is 7.80. The molecule has 0 aromatic carbocycles. The van der Waals surface area contributed by atoms with Gasteiger partial charge in [-0.3, -0.25) is 9.67 Å². The van der Waals surface area contributed by atoms with Crippen LogP contribution in [0, 0.1) is 5.92 Å². The zero-order valence-corrected chi connectivity index (χ0v) is 17.2. The Bertz CT molecular complexity index is 593. The first-order chi connectivity index (χ1) is 13.2. The van der Waals surface area contributed by atoms with Gasteiger partial charge in [-0.15, -0.1) is 0 Å². The van der Waals surface area contributed by atoms with Gasteiger partial charge in [0.25, 0.3) is 0 Å². The van der Waals surface area contributed by atoms with Crippen molar-refractivity contribution in [2.45, 2.75) is 39.2 Å². The SMILES string of the molecule is CCCN1CCC(CN=C(NCC)N2CCOC(c3cnn(C)c3)C2)CC1. The second kappa shape index (κ2) is 10.1. The summed E-state index contributed by atoms with van der Waals surface area (Å²) in [6, 6.07) is 0. The van der Waals surface area contributed by atoms with Gasteiger partial charge in [0.1, 0.15) is 6.10 Å². The van der Waals surface area contributed by atoms with Crippen molar-refractivity contribution < 1.29 is 4.74 Å². The summed E-state index contributed by atoms with van der Waals surface area (Å²) in [6.45, 7) is 12.3. The Hall–Kier alpha value is -1.60. The molecule has 3 heterocycles. The Labute approximate surface area is 163 Å². The van der Waals surface area contributed by atoms with Gasteiger partial charge in [0.15, 0.2) is 5.96 Å². The van der Waals surface area contributed by atoms with Gasteiger partial charge in [-0.1, -0.05) is 6.92 Å². The molecule has 7 heteroatoms. The number of morpholine rings is 1. The smallest absolute Gasteiger partial charge is 0.194 e. The minimum Gasteiger partial charge on any atom is -0.370 e. The van der Waals surface area contributed by atoms with Crippen LogP contribution in [0.15, 0.2) is 17.4 Å². The number of aliphatic imine (C=N–C) groups is 1. The summed E-state index contributed by atoms with van der Waals surface area (Å²) < 4.78 is 7.82.